The lowest BCUT2D eigenvalue weighted by Gasteiger charge is -2.07. The van der Waals surface area contributed by atoms with Crippen molar-refractivity contribution in [3.8, 4) is 0 Å². The Morgan fingerprint density at radius 1 is 0.562 bits per heavy atom. The van der Waals surface area contributed by atoms with Gasteiger partial charge in [0.25, 0.3) is 9.05 Å². The molecule has 0 N–H and O–H groups in total. The summed E-state index contributed by atoms with van der Waals surface area (Å²) in [5.74, 6) is 0. The van der Waals surface area contributed by atoms with Crippen LogP contribution in [0.2, 0.25) is 0 Å². The Bertz CT molecular complexity index is 1180. The van der Waals surface area contributed by atoms with Crippen molar-refractivity contribution in [2.45, 2.75) is 0 Å². The topological polar surface area (TPSA) is 34.1 Å². The van der Waals surface area contributed by atoms with Crippen LogP contribution in [0.25, 0.3) is 11.1 Å². The molecule has 0 spiro atoms. The van der Waals surface area contributed by atoms with Gasteiger partial charge in [0, 0.05) is 16.3 Å². The maximum Gasteiger partial charge on any atom is 0.255 e. The van der Waals surface area contributed by atoms with Gasteiger partial charge in [0.1, 0.15) is 0 Å². The second kappa shape index (κ2) is 11.3. The number of hydrogen-bond acceptors (Lipinski definition) is 2. The largest absolute Gasteiger partial charge is 0.255 e. The Morgan fingerprint density at radius 2 is 0.844 bits per heavy atom. The lowest BCUT2D eigenvalue weighted by Crippen LogP contribution is -1.91. The first-order valence-electron chi connectivity index (χ1n) is 10.0. The van der Waals surface area contributed by atoms with Crippen molar-refractivity contribution in [1.29, 1.82) is 0 Å². The van der Waals surface area contributed by atoms with E-state index >= 15 is 0 Å². The number of benzene rings is 4. The van der Waals surface area contributed by atoms with Gasteiger partial charge in [-0.15, -0.1) is 0 Å². The van der Waals surface area contributed by atoms with Gasteiger partial charge in [-0.3, -0.25) is 0 Å². The highest BCUT2D eigenvalue weighted by molar-refractivity contribution is 8.16. The summed E-state index contributed by atoms with van der Waals surface area (Å²) in [4.78, 5) is 0. The predicted octanol–water partition coefficient (Wildman–Crippen LogP) is 7.39. The lowest BCUT2D eigenvalue weighted by molar-refractivity contribution is 0.617. The zero-order valence-corrected chi connectivity index (χ0v) is 19.0. The van der Waals surface area contributed by atoms with Crippen LogP contribution in [0.15, 0.2) is 133 Å². The molecule has 4 rings (SSSR count). The molecule has 2 nitrogen and oxygen atoms in total. The Balaban J connectivity index is 0.000000186. The van der Waals surface area contributed by atoms with Crippen molar-refractivity contribution in [1.82, 2.24) is 0 Å². The van der Waals surface area contributed by atoms with Crippen molar-refractivity contribution in [2.24, 2.45) is 0 Å². The minimum Gasteiger partial charge on any atom is -0.208 e. The summed E-state index contributed by atoms with van der Waals surface area (Å²) in [7, 11) is 1.61. The summed E-state index contributed by atoms with van der Waals surface area (Å²) >= 11 is 0. The summed E-state index contributed by atoms with van der Waals surface area (Å²) in [6.45, 7) is 4.10. The van der Waals surface area contributed by atoms with Crippen LogP contribution in [-0.4, -0.2) is 8.42 Å². The SMILES string of the molecule is C=C(c1ccccc1)c1ccccc1.O=S(=O)(Cl)C=C(c1ccccc1)c1ccccc1. The van der Waals surface area contributed by atoms with Crippen LogP contribution in [0.5, 0.6) is 0 Å². The van der Waals surface area contributed by atoms with Crippen LogP contribution < -0.4 is 0 Å². The Morgan fingerprint density at radius 3 is 1.12 bits per heavy atom. The molecule has 160 valence electrons. The van der Waals surface area contributed by atoms with Crippen LogP contribution in [0.4, 0.5) is 0 Å². The molecule has 4 aromatic rings. The maximum atomic E-state index is 11.3. The molecule has 0 aliphatic carbocycles. The van der Waals surface area contributed by atoms with E-state index in [4.69, 9.17) is 10.7 Å². The third kappa shape index (κ3) is 7.09. The van der Waals surface area contributed by atoms with Crippen molar-refractivity contribution >= 4 is 30.9 Å². The average Bonchev–Trinajstić information content (AvgIpc) is 2.84. The first-order chi connectivity index (χ1) is 15.4. The van der Waals surface area contributed by atoms with Gasteiger partial charge in [-0.2, -0.15) is 0 Å². The fraction of sp³-hybridized carbons (Fsp3) is 0. The van der Waals surface area contributed by atoms with E-state index in [1.165, 1.54) is 11.1 Å². The molecule has 4 aromatic carbocycles. The van der Waals surface area contributed by atoms with E-state index in [0.29, 0.717) is 5.57 Å². The zero-order valence-electron chi connectivity index (χ0n) is 17.4. The fourth-order valence-corrected chi connectivity index (χ4v) is 3.95. The minimum atomic E-state index is -3.71. The van der Waals surface area contributed by atoms with E-state index < -0.39 is 9.05 Å². The van der Waals surface area contributed by atoms with Gasteiger partial charge < -0.3 is 0 Å². The number of halogens is 1. The molecule has 4 heteroatoms. The van der Waals surface area contributed by atoms with Gasteiger partial charge in [-0.1, -0.05) is 128 Å². The maximum absolute atomic E-state index is 11.3. The van der Waals surface area contributed by atoms with Crippen molar-refractivity contribution in [3.05, 3.63) is 156 Å². The van der Waals surface area contributed by atoms with Crippen LogP contribution in [0.1, 0.15) is 22.3 Å². The van der Waals surface area contributed by atoms with E-state index in [1.807, 2.05) is 97.1 Å². The molecule has 0 amide bonds. The molecule has 0 aliphatic heterocycles. The highest BCUT2D eigenvalue weighted by Crippen LogP contribution is 2.25. The van der Waals surface area contributed by atoms with Gasteiger partial charge >= 0.3 is 0 Å². The molecular weight excluding hydrogens is 436 g/mol. The summed E-state index contributed by atoms with van der Waals surface area (Å²) in [5.41, 5.74) is 5.65. The third-order valence-electron chi connectivity index (χ3n) is 4.67. The normalized spacial score (nSPS) is 10.4. The summed E-state index contributed by atoms with van der Waals surface area (Å²) in [6, 6.07) is 39.0. The van der Waals surface area contributed by atoms with Crippen LogP contribution >= 0.6 is 10.7 Å². The van der Waals surface area contributed by atoms with Crippen molar-refractivity contribution in [2.75, 3.05) is 0 Å². The van der Waals surface area contributed by atoms with E-state index in [9.17, 15) is 8.42 Å². The van der Waals surface area contributed by atoms with E-state index in [-0.39, 0.29) is 0 Å². The first-order valence-corrected chi connectivity index (χ1v) is 12.4. The average molecular weight is 459 g/mol. The van der Waals surface area contributed by atoms with Gasteiger partial charge in [0.15, 0.2) is 0 Å². The molecule has 0 atom stereocenters. The van der Waals surface area contributed by atoms with E-state index in [1.54, 1.807) is 0 Å². The van der Waals surface area contributed by atoms with Gasteiger partial charge in [0.05, 0.1) is 5.41 Å². The van der Waals surface area contributed by atoms with Gasteiger partial charge in [-0.05, 0) is 27.8 Å². The van der Waals surface area contributed by atoms with Crippen LogP contribution in [0, 0.1) is 0 Å². The second-order valence-electron chi connectivity index (χ2n) is 6.95. The molecule has 0 unspecified atom stereocenters. The standard InChI is InChI=1S/C14H11ClO2S.C14H12/c15-18(16,17)11-14(12-7-3-1-4-8-12)13-9-5-2-6-10-13;1-12(13-8-4-2-5-9-13)14-10-6-3-7-11-14/h1-11H;2-11H,1H2. The Labute approximate surface area is 194 Å². The Kier molecular flexibility index (Phi) is 8.20. The zero-order chi connectivity index (χ0) is 22.8. The summed E-state index contributed by atoms with van der Waals surface area (Å²) in [6.07, 6.45) is 0. The summed E-state index contributed by atoms with van der Waals surface area (Å²) in [5, 5.41) is 1.08. The quantitative estimate of drug-likeness (QED) is 0.292. The first kappa shape index (κ1) is 23.3. The molecule has 0 heterocycles. The van der Waals surface area contributed by atoms with E-state index in [2.05, 4.69) is 30.8 Å². The second-order valence-corrected chi connectivity index (χ2v) is 9.43. The number of rotatable bonds is 5. The highest BCUT2D eigenvalue weighted by Gasteiger charge is 2.09. The lowest BCUT2D eigenvalue weighted by atomic mass is 10.00. The molecule has 0 radical (unpaired) electrons. The molecule has 0 saturated heterocycles. The van der Waals surface area contributed by atoms with E-state index in [0.717, 1.165) is 22.1 Å². The molecule has 0 fully saturated rings. The monoisotopic (exact) mass is 458 g/mol. The molecular formula is C28H23ClO2S. The third-order valence-corrected chi connectivity index (χ3v) is 5.46. The Hall–Kier alpha value is -3.40. The van der Waals surface area contributed by atoms with Crippen LogP contribution in [0.3, 0.4) is 0 Å². The smallest absolute Gasteiger partial charge is 0.208 e. The van der Waals surface area contributed by atoms with Crippen molar-refractivity contribution < 1.29 is 8.42 Å². The molecule has 0 bridgehead atoms. The highest BCUT2D eigenvalue weighted by atomic mass is 35.7. The minimum absolute atomic E-state index is 0.589. The molecule has 32 heavy (non-hydrogen) atoms. The fourth-order valence-electron chi connectivity index (χ4n) is 3.12. The predicted molar refractivity (Wildman–Crippen MR) is 136 cm³/mol. The van der Waals surface area contributed by atoms with Crippen molar-refractivity contribution in [3.63, 3.8) is 0 Å². The van der Waals surface area contributed by atoms with Crippen LogP contribution in [-0.2, 0) is 9.05 Å². The molecule has 0 saturated carbocycles. The van der Waals surface area contributed by atoms with Gasteiger partial charge in [0.2, 0.25) is 0 Å². The number of hydrogen-bond donors (Lipinski definition) is 0. The van der Waals surface area contributed by atoms with Gasteiger partial charge in [-0.25, -0.2) is 8.42 Å². The summed E-state index contributed by atoms with van der Waals surface area (Å²) < 4.78 is 22.6. The molecule has 0 aliphatic rings. The molecule has 0 aromatic heterocycles.